The van der Waals surface area contributed by atoms with Gasteiger partial charge in [0.05, 0.1) is 19.8 Å². The molecule has 6 unspecified atom stereocenters. The van der Waals surface area contributed by atoms with E-state index in [1.165, 1.54) is 0 Å². The summed E-state index contributed by atoms with van der Waals surface area (Å²) in [6, 6.07) is 0. The van der Waals surface area contributed by atoms with Crippen LogP contribution in [0.15, 0.2) is 0 Å². The van der Waals surface area contributed by atoms with Gasteiger partial charge in [0.25, 0.3) is 0 Å². The number of ether oxygens (including phenoxy) is 5. The third-order valence-electron chi connectivity index (χ3n) is 6.09. The van der Waals surface area contributed by atoms with E-state index in [0.717, 1.165) is 0 Å². The molecule has 0 amide bonds. The van der Waals surface area contributed by atoms with Gasteiger partial charge in [0.2, 0.25) is 0 Å². The molecule has 16 nitrogen and oxygen atoms in total. The van der Waals surface area contributed by atoms with Crippen LogP contribution in [0.4, 0.5) is 0 Å². The van der Waals surface area contributed by atoms with Crippen molar-refractivity contribution in [2.75, 3.05) is 19.8 Å². The molecule has 3 rings (SSSR count). The second-order valence-corrected chi connectivity index (χ2v) is 8.33. The van der Waals surface area contributed by atoms with E-state index in [1.807, 2.05) is 0 Å². The zero-order valence-electron chi connectivity index (χ0n) is 17.7. The summed E-state index contributed by atoms with van der Waals surface area (Å²) >= 11 is 0. The largest absolute Gasteiger partial charge is 0.394 e. The van der Waals surface area contributed by atoms with Gasteiger partial charge in [0.1, 0.15) is 73.2 Å². The van der Waals surface area contributed by atoms with Crippen molar-refractivity contribution < 1.29 is 79.9 Å². The van der Waals surface area contributed by atoms with Crippen molar-refractivity contribution in [2.24, 2.45) is 0 Å². The summed E-state index contributed by atoms with van der Waals surface area (Å²) in [5, 5.41) is 109. The van der Waals surface area contributed by atoms with Crippen LogP contribution in [-0.4, -0.2) is 168 Å². The number of hydrogen-bond donors (Lipinski definition) is 11. The second kappa shape index (κ2) is 11.6. The molecule has 0 aliphatic carbocycles. The average molecular weight is 504 g/mol. The predicted molar refractivity (Wildman–Crippen MR) is 101 cm³/mol. The van der Waals surface area contributed by atoms with E-state index in [-0.39, 0.29) is 0 Å². The molecule has 0 aromatic rings. The third kappa shape index (κ3) is 5.37. The van der Waals surface area contributed by atoms with Crippen molar-refractivity contribution in [3.63, 3.8) is 0 Å². The molecular weight excluding hydrogens is 472 g/mol. The molecule has 3 aliphatic rings. The van der Waals surface area contributed by atoms with Gasteiger partial charge >= 0.3 is 0 Å². The van der Waals surface area contributed by atoms with E-state index in [0.29, 0.717) is 0 Å². The first-order valence-electron chi connectivity index (χ1n) is 10.6. The van der Waals surface area contributed by atoms with Crippen LogP contribution in [0.5, 0.6) is 0 Å². The van der Waals surface area contributed by atoms with Crippen molar-refractivity contribution in [2.45, 2.75) is 92.1 Å². The van der Waals surface area contributed by atoms with Crippen molar-refractivity contribution >= 4 is 0 Å². The molecule has 200 valence electrons. The highest BCUT2D eigenvalue weighted by molar-refractivity contribution is 4.96. The van der Waals surface area contributed by atoms with Gasteiger partial charge in [-0.3, -0.25) is 0 Å². The lowest BCUT2D eigenvalue weighted by Crippen LogP contribution is -2.66. The number of hydrogen-bond acceptors (Lipinski definition) is 16. The molecule has 0 aromatic heterocycles. The minimum atomic E-state index is -1.91. The highest BCUT2D eigenvalue weighted by atomic mass is 16.8. The molecule has 16 heteroatoms. The predicted octanol–water partition coefficient (Wildman–Crippen LogP) is -7.57. The Morgan fingerprint density at radius 1 is 0.441 bits per heavy atom. The summed E-state index contributed by atoms with van der Waals surface area (Å²) < 4.78 is 26.4. The Labute approximate surface area is 192 Å². The monoisotopic (exact) mass is 504 g/mol. The average Bonchev–Trinajstić information content (AvgIpc) is 2.83. The van der Waals surface area contributed by atoms with Crippen LogP contribution in [0.25, 0.3) is 0 Å². The van der Waals surface area contributed by atoms with Crippen LogP contribution in [0, 0.1) is 0 Å². The first-order valence-corrected chi connectivity index (χ1v) is 10.6. The third-order valence-corrected chi connectivity index (χ3v) is 6.09. The molecule has 3 aliphatic heterocycles. The molecule has 0 saturated carbocycles. The second-order valence-electron chi connectivity index (χ2n) is 8.33. The summed E-state index contributed by atoms with van der Waals surface area (Å²) in [5.74, 6) is 0. The number of rotatable bonds is 7. The normalized spacial score (nSPS) is 52.5. The topological polar surface area (TPSA) is 269 Å². The van der Waals surface area contributed by atoms with Crippen molar-refractivity contribution in [1.29, 1.82) is 0 Å². The van der Waals surface area contributed by atoms with Gasteiger partial charge in [0.15, 0.2) is 18.9 Å². The van der Waals surface area contributed by atoms with Crippen molar-refractivity contribution in [3.05, 3.63) is 0 Å². The van der Waals surface area contributed by atoms with Crippen molar-refractivity contribution in [3.8, 4) is 0 Å². The van der Waals surface area contributed by atoms with Crippen molar-refractivity contribution in [1.82, 2.24) is 0 Å². The smallest absolute Gasteiger partial charge is 0.187 e. The van der Waals surface area contributed by atoms with E-state index in [4.69, 9.17) is 23.7 Å². The summed E-state index contributed by atoms with van der Waals surface area (Å²) in [6.45, 7) is -2.32. The standard InChI is InChI=1S/C18H32O16/c19-1-4-7(22)8(23)12(27)17(31-4)34-15-6(3-21)32-18(13(28)10(15)25)33-14-5(2-20)30-16(29)11(26)9(14)24/h4-29H,1-3H2/t4?,5?,6?,7-,8-,9+,10+,11?,12?,13?,14-,15+,16+,17-,18-/m1/s1. The Hall–Kier alpha value is -0.640. The summed E-state index contributed by atoms with van der Waals surface area (Å²) in [5.41, 5.74) is 0. The zero-order chi connectivity index (χ0) is 25.3. The Balaban J connectivity index is 1.72. The molecular formula is C18H32O16. The van der Waals surface area contributed by atoms with Crippen LogP contribution in [-0.2, 0) is 23.7 Å². The van der Waals surface area contributed by atoms with Gasteiger partial charge in [-0.15, -0.1) is 0 Å². The molecule has 0 spiro atoms. The minimum Gasteiger partial charge on any atom is -0.394 e. The van der Waals surface area contributed by atoms with Crippen LogP contribution in [0.2, 0.25) is 0 Å². The van der Waals surface area contributed by atoms with Gasteiger partial charge in [-0.2, -0.15) is 0 Å². The maximum atomic E-state index is 10.6. The van der Waals surface area contributed by atoms with E-state index < -0.39 is 112 Å². The molecule has 15 atom stereocenters. The summed E-state index contributed by atoms with van der Waals surface area (Å²) in [7, 11) is 0. The summed E-state index contributed by atoms with van der Waals surface area (Å²) in [4.78, 5) is 0. The molecule has 0 bridgehead atoms. The quantitative estimate of drug-likeness (QED) is 0.154. The first-order chi connectivity index (χ1) is 16.0. The van der Waals surface area contributed by atoms with Crippen LogP contribution < -0.4 is 0 Å². The molecule has 3 heterocycles. The lowest BCUT2D eigenvalue weighted by atomic mass is 9.96. The van der Waals surface area contributed by atoms with Crippen LogP contribution >= 0.6 is 0 Å². The molecule has 0 aromatic carbocycles. The Morgan fingerprint density at radius 2 is 0.853 bits per heavy atom. The SMILES string of the molecule is OCC1O[C@H](O[C@H]2C(CO)O[C@H](O[C@@H]3C(CO)O[C@H](O)C(O)[C@@H]3O)C(O)[C@@H]2O)C(O)[C@H](O)[C@@H]1O. The van der Waals surface area contributed by atoms with Gasteiger partial charge < -0.3 is 79.9 Å². The Bertz CT molecular complexity index is 635. The summed E-state index contributed by atoms with van der Waals surface area (Å²) in [6.07, 6.45) is -25.1. The van der Waals surface area contributed by atoms with Gasteiger partial charge in [-0.25, -0.2) is 0 Å². The van der Waals surface area contributed by atoms with Crippen LogP contribution in [0.1, 0.15) is 0 Å². The molecule has 3 fully saturated rings. The highest BCUT2D eigenvalue weighted by Gasteiger charge is 2.53. The maximum Gasteiger partial charge on any atom is 0.187 e. The molecule has 3 saturated heterocycles. The lowest BCUT2D eigenvalue weighted by molar-refractivity contribution is -0.377. The Morgan fingerprint density at radius 3 is 1.35 bits per heavy atom. The van der Waals surface area contributed by atoms with E-state index in [2.05, 4.69) is 0 Å². The number of aliphatic hydroxyl groups excluding tert-OH is 11. The Kier molecular flexibility index (Phi) is 9.54. The van der Waals surface area contributed by atoms with Gasteiger partial charge in [0, 0.05) is 0 Å². The fraction of sp³-hybridized carbons (Fsp3) is 1.00. The molecule has 11 N–H and O–H groups in total. The maximum absolute atomic E-state index is 10.6. The fourth-order valence-electron chi connectivity index (χ4n) is 4.06. The van der Waals surface area contributed by atoms with Gasteiger partial charge in [-0.05, 0) is 0 Å². The van der Waals surface area contributed by atoms with E-state index in [1.54, 1.807) is 0 Å². The van der Waals surface area contributed by atoms with Gasteiger partial charge in [-0.1, -0.05) is 0 Å². The lowest BCUT2D eigenvalue weighted by Gasteiger charge is -2.47. The molecule has 0 radical (unpaired) electrons. The van der Waals surface area contributed by atoms with Crippen LogP contribution in [0.3, 0.4) is 0 Å². The van der Waals surface area contributed by atoms with E-state index >= 15 is 0 Å². The fourth-order valence-corrected chi connectivity index (χ4v) is 4.06. The minimum absolute atomic E-state index is 0.741. The molecule has 34 heavy (non-hydrogen) atoms. The highest BCUT2D eigenvalue weighted by Crippen LogP contribution is 2.32. The first kappa shape index (κ1) is 27.9. The zero-order valence-corrected chi connectivity index (χ0v) is 17.7. The van der Waals surface area contributed by atoms with E-state index in [9.17, 15) is 56.2 Å². The number of aliphatic hydroxyl groups is 11.